The van der Waals surface area contributed by atoms with Crippen molar-refractivity contribution in [2.75, 3.05) is 19.1 Å². The van der Waals surface area contributed by atoms with Crippen LogP contribution >= 0.6 is 12.2 Å². The van der Waals surface area contributed by atoms with Crippen molar-refractivity contribution in [3.63, 3.8) is 0 Å². The van der Waals surface area contributed by atoms with E-state index in [-0.39, 0.29) is 12.1 Å². The molecule has 2 aromatic heterocycles. The molecule has 6 nitrogen and oxygen atoms in total. The number of anilines is 1. The van der Waals surface area contributed by atoms with Crippen LogP contribution in [0.15, 0.2) is 79.0 Å². The van der Waals surface area contributed by atoms with Crippen LogP contribution in [0, 0.1) is 13.8 Å². The van der Waals surface area contributed by atoms with E-state index in [1.54, 1.807) is 14.2 Å². The molecule has 35 heavy (non-hydrogen) atoms. The molecule has 0 saturated carbocycles. The van der Waals surface area contributed by atoms with Gasteiger partial charge in [-0.25, -0.2) is 0 Å². The summed E-state index contributed by atoms with van der Waals surface area (Å²) in [5.74, 6) is 1.61. The molecule has 0 bridgehead atoms. The lowest BCUT2D eigenvalue weighted by atomic mass is 9.96. The van der Waals surface area contributed by atoms with Crippen LogP contribution in [0.25, 0.3) is 5.69 Å². The van der Waals surface area contributed by atoms with Crippen molar-refractivity contribution in [3.8, 4) is 17.2 Å². The molecule has 1 N–H and O–H groups in total. The lowest BCUT2D eigenvalue weighted by molar-refractivity contribution is 0.414. The van der Waals surface area contributed by atoms with Gasteiger partial charge in [-0.1, -0.05) is 18.2 Å². The fraction of sp³-hybridized carbons (Fsp3) is 0.214. The van der Waals surface area contributed by atoms with Crippen molar-refractivity contribution in [1.82, 2.24) is 14.9 Å². The zero-order valence-electron chi connectivity index (χ0n) is 20.2. The van der Waals surface area contributed by atoms with Gasteiger partial charge in [0.15, 0.2) is 5.11 Å². The Morgan fingerprint density at radius 2 is 1.54 bits per heavy atom. The average Bonchev–Trinajstić information content (AvgIpc) is 3.39. The third-order valence-electron chi connectivity index (χ3n) is 6.53. The predicted molar refractivity (Wildman–Crippen MR) is 143 cm³/mol. The van der Waals surface area contributed by atoms with Crippen LogP contribution in [0.2, 0.25) is 0 Å². The van der Waals surface area contributed by atoms with Crippen LogP contribution in [0.3, 0.4) is 0 Å². The number of pyridine rings is 1. The van der Waals surface area contributed by atoms with Crippen LogP contribution < -0.4 is 19.7 Å². The van der Waals surface area contributed by atoms with Gasteiger partial charge in [-0.05, 0) is 74.1 Å². The Morgan fingerprint density at radius 1 is 0.857 bits per heavy atom. The normalized spacial score (nSPS) is 17.4. The number of aryl methyl sites for hydroxylation is 1. The summed E-state index contributed by atoms with van der Waals surface area (Å²) in [6.07, 6.45) is 1.82. The van der Waals surface area contributed by atoms with Crippen LogP contribution in [-0.2, 0) is 0 Å². The number of hydrogen-bond donors (Lipinski definition) is 1. The Morgan fingerprint density at radius 3 is 2.20 bits per heavy atom. The molecule has 1 aliphatic rings. The molecular weight excluding hydrogens is 456 g/mol. The van der Waals surface area contributed by atoms with E-state index in [2.05, 4.69) is 57.9 Å². The number of nitrogens with one attached hydrogen (secondary N) is 1. The maximum absolute atomic E-state index is 5.89. The lowest BCUT2D eigenvalue weighted by Crippen LogP contribution is -2.29. The van der Waals surface area contributed by atoms with E-state index in [0.29, 0.717) is 5.11 Å². The lowest BCUT2D eigenvalue weighted by Gasteiger charge is -2.28. The molecule has 0 aliphatic carbocycles. The van der Waals surface area contributed by atoms with Gasteiger partial charge in [-0.15, -0.1) is 0 Å². The van der Waals surface area contributed by atoms with Gasteiger partial charge in [0.05, 0.1) is 32.0 Å². The molecule has 1 fully saturated rings. The quantitative estimate of drug-likeness (QED) is 0.355. The van der Waals surface area contributed by atoms with Gasteiger partial charge >= 0.3 is 0 Å². The van der Waals surface area contributed by atoms with Crippen molar-refractivity contribution >= 4 is 23.0 Å². The molecule has 2 atom stereocenters. The van der Waals surface area contributed by atoms with E-state index in [1.165, 1.54) is 5.56 Å². The number of ether oxygens (including phenoxy) is 2. The van der Waals surface area contributed by atoms with E-state index >= 15 is 0 Å². The van der Waals surface area contributed by atoms with Crippen LogP contribution in [-0.4, -0.2) is 28.9 Å². The minimum Gasteiger partial charge on any atom is -0.497 e. The Labute approximate surface area is 211 Å². The van der Waals surface area contributed by atoms with Crippen LogP contribution in [0.1, 0.15) is 34.7 Å². The predicted octanol–water partition coefficient (Wildman–Crippen LogP) is 5.68. The van der Waals surface area contributed by atoms with E-state index < -0.39 is 0 Å². The minimum atomic E-state index is -0.117. The molecule has 2 aromatic carbocycles. The highest BCUT2D eigenvalue weighted by Crippen LogP contribution is 2.44. The summed E-state index contributed by atoms with van der Waals surface area (Å²) < 4.78 is 13.3. The zero-order chi connectivity index (χ0) is 24.5. The number of hydrogen-bond acceptors (Lipinski definition) is 4. The Balaban J connectivity index is 1.68. The molecule has 0 radical (unpaired) electrons. The first-order chi connectivity index (χ1) is 17.0. The second-order valence-corrected chi connectivity index (χ2v) is 8.95. The van der Waals surface area contributed by atoms with E-state index in [4.69, 9.17) is 21.7 Å². The molecule has 3 heterocycles. The van der Waals surface area contributed by atoms with E-state index in [9.17, 15) is 0 Å². The fourth-order valence-corrected chi connectivity index (χ4v) is 5.29. The first-order valence-corrected chi connectivity index (χ1v) is 11.9. The van der Waals surface area contributed by atoms with Gasteiger partial charge in [-0.3, -0.25) is 4.98 Å². The van der Waals surface area contributed by atoms with Gasteiger partial charge in [0.2, 0.25) is 0 Å². The van der Waals surface area contributed by atoms with Crippen molar-refractivity contribution < 1.29 is 9.47 Å². The topological polar surface area (TPSA) is 51.5 Å². The van der Waals surface area contributed by atoms with Gasteiger partial charge in [0.25, 0.3) is 0 Å². The highest BCUT2D eigenvalue weighted by Gasteiger charge is 2.42. The highest BCUT2D eigenvalue weighted by atomic mass is 32.1. The van der Waals surface area contributed by atoms with Crippen molar-refractivity contribution in [2.24, 2.45) is 0 Å². The summed E-state index contributed by atoms with van der Waals surface area (Å²) in [6.45, 7) is 4.28. The summed E-state index contributed by atoms with van der Waals surface area (Å²) >= 11 is 5.89. The molecule has 1 aliphatic heterocycles. The second-order valence-electron chi connectivity index (χ2n) is 8.56. The third kappa shape index (κ3) is 4.12. The van der Waals surface area contributed by atoms with Gasteiger partial charge in [-0.2, -0.15) is 0 Å². The van der Waals surface area contributed by atoms with Gasteiger partial charge < -0.3 is 24.3 Å². The molecule has 7 heteroatoms. The molecule has 4 aromatic rings. The van der Waals surface area contributed by atoms with E-state index in [0.717, 1.165) is 40.0 Å². The zero-order valence-corrected chi connectivity index (χ0v) is 21.0. The number of aromatic nitrogens is 2. The number of methoxy groups -OCH3 is 2. The fourth-order valence-electron chi connectivity index (χ4n) is 4.94. The molecule has 0 unspecified atom stereocenters. The summed E-state index contributed by atoms with van der Waals surface area (Å²) in [6, 6.07) is 24.1. The monoisotopic (exact) mass is 484 g/mol. The summed E-state index contributed by atoms with van der Waals surface area (Å²) in [5, 5.41) is 4.20. The maximum Gasteiger partial charge on any atom is 0.174 e. The summed E-state index contributed by atoms with van der Waals surface area (Å²) in [5.41, 5.74) is 6.42. The third-order valence-corrected chi connectivity index (χ3v) is 6.84. The maximum atomic E-state index is 5.89. The minimum absolute atomic E-state index is 0.102. The molecule has 0 spiro atoms. The first-order valence-electron chi connectivity index (χ1n) is 11.5. The first kappa shape index (κ1) is 22.9. The van der Waals surface area contributed by atoms with Crippen molar-refractivity contribution in [1.29, 1.82) is 0 Å². The van der Waals surface area contributed by atoms with Crippen molar-refractivity contribution in [2.45, 2.75) is 25.9 Å². The van der Waals surface area contributed by atoms with Crippen LogP contribution in [0.4, 0.5) is 5.69 Å². The highest BCUT2D eigenvalue weighted by molar-refractivity contribution is 7.80. The number of nitrogens with zero attached hydrogens (tertiary/aromatic N) is 3. The Bertz CT molecular complexity index is 1370. The number of benzene rings is 2. The van der Waals surface area contributed by atoms with E-state index in [1.807, 2.05) is 54.7 Å². The van der Waals surface area contributed by atoms with Crippen molar-refractivity contribution in [3.05, 3.63) is 102 Å². The summed E-state index contributed by atoms with van der Waals surface area (Å²) in [7, 11) is 3.37. The number of rotatable bonds is 6. The average molecular weight is 485 g/mol. The van der Waals surface area contributed by atoms with Gasteiger partial charge in [0.1, 0.15) is 11.5 Å². The second kappa shape index (κ2) is 9.43. The molecule has 0 amide bonds. The molecular formula is C28H28N4O2S. The Hall–Kier alpha value is -3.84. The molecule has 1 saturated heterocycles. The largest absolute Gasteiger partial charge is 0.497 e. The van der Waals surface area contributed by atoms with Crippen LogP contribution in [0.5, 0.6) is 11.5 Å². The molecule has 5 rings (SSSR count). The molecule has 178 valence electrons. The SMILES string of the molecule is COc1cccc(N2C(=S)N[C@@H](c3ccccn3)[C@H]2c2cc(C)n(-c3cccc(OC)c3)c2C)c1. The van der Waals surface area contributed by atoms with Gasteiger partial charge in [0, 0.05) is 41.1 Å². The standard InChI is InChI=1S/C28H28N4O2S/c1-18-15-24(19(2)31(18)20-9-7-11-22(16-20)33-3)27-26(25-13-5-6-14-29-25)30-28(35)32(27)21-10-8-12-23(17-21)34-4/h5-17,26-27H,1-4H3,(H,30,35)/t26-,27+/m0/s1. The summed E-state index contributed by atoms with van der Waals surface area (Å²) in [4.78, 5) is 6.85. The number of thiocarbonyl (C=S) groups is 1. The Kier molecular flexibility index (Phi) is 6.17. The smallest absolute Gasteiger partial charge is 0.174 e.